The Kier molecular flexibility index (Phi) is 4.07. The fourth-order valence-electron chi connectivity index (χ4n) is 3.24. The number of benzene rings is 1. The van der Waals surface area contributed by atoms with Crippen LogP contribution in [0.25, 0.3) is 0 Å². The Morgan fingerprint density at radius 2 is 2.08 bits per heavy atom. The van der Waals surface area contributed by atoms with Crippen molar-refractivity contribution in [2.45, 2.75) is 44.8 Å². The van der Waals surface area contributed by atoms with Crippen molar-refractivity contribution >= 4 is 5.91 Å². The van der Waals surface area contributed by atoms with E-state index in [2.05, 4.69) is 10.1 Å². The average Bonchev–Trinajstić information content (AvgIpc) is 3.29. The van der Waals surface area contributed by atoms with Crippen molar-refractivity contribution in [3.63, 3.8) is 0 Å². The summed E-state index contributed by atoms with van der Waals surface area (Å²) in [6, 6.07) is 7.22. The van der Waals surface area contributed by atoms with E-state index in [1.54, 1.807) is 4.90 Å². The Morgan fingerprint density at radius 3 is 2.84 bits per heavy atom. The first-order chi connectivity index (χ1) is 12.1. The van der Waals surface area contributed by atoms with Crippen LogP contribution in [0.4, 0.5) is 0 Å². The van der Waals surface area contributed by atoms with Gasteiger partial charge < -0.3 is 18.9 Å². The lowest BCUT2D eigenvalue weighted by atomic mass is 10.2. The molecule has 7 heteroatoms. The lowest BCUT2D eigenvalue weighted by molar-refractivity contribution is -0.142. The molecular weight excluding hydrogens is 322 g/mol. The molecule has 0 bridgehead atoms. The molecule has 0 N–H and O–H groups in total. The van der Waals surface area contributed by atoms with Crippen molar-refractivity contribution in [2.24, 2.45) is 0 Å². The van der Waals surface area contributed by atoms with Gasteiger partial charge in [-0.2, -0.15) is 4.98 Å². The molecule has 1 saturated heterocycles. The first kappa shape index (κ1) is 15.9. The molecule has 0 aliphatic carbocycles. The van der Waals surface area contributed by atoms with Gasteiger partial charge in [0.05, 0.1) is 6.04 Å². The number of carbonyl (C=O) groups excluding carboxylic acids is 1. The van der Waals surface area contributed by atoms with E-state index in [0.29, 0.717) is 29.8 Å². The van der Waals surface area contributed by atoms with E-state index in [-0.39, 0.29) is 24.5 Å². The van der Waals surface area contributed by atoms with Crippen molar-refractivity contribution in [2.75, 3.05) is 13.2 Å². The molecule has 25 heavy (non-hydrogen) atoms. The second-order valence-electron chi connectivity index (χ2n) is 6.70. The summed E-state index contributed by atoms with van der Waals surface area (Å²) >= 11 is 0. The first-order valence-electron chi connectivity index (χ1n) is 8.66. The van der Waals surface area contributed by atoms with Crippen LogP contribution in [-0.2, 0) is 4.79 Å². The normalized spacial score (nSPS) is 22.4. The molecule has 0 unspecified atom stereocenters. The smallest absolute Gasteiger partial charge is 0.267 e. The number of amides is 1. The number of likely N-dealkylation sites (tertiary alicyclic amines) is 1. The van der Waals surface area contributed by atoms with Crippen molar-refractivity contribution in [1.29, 1.82) is 0 Å². The maximum atomic E-state index is 13.0. The number of ether oxygens (including phenoxy) is 2. The van der Waals surface area contributed by atoms with Gasteiger partial charge in [-0.15, -0.1) is 0 Å². The number of carbonyl (C=O) groups is 1. The molecule has 1 amide bonds. The quantitative estimate of drug-likeness (QED) is 0.853. The van der Waals surface area contributed by atoms with E-state index in [1.807, 2.05) is 38.1 Å². The second-order valence-corrected chi connectivity index (χ2v) is 6.70. The average molecular weight is 343 g/mol. The molecule has 3 heterocycles. The van der Waals surface area contributed by atoms with E-state index >= 15 is 0 Å². The maximum absolute atomic E-state index is 13.0. The lowest BCUT2D eigenvalue weighted by Crippen LogP contribution is -2.46. The van der Waals surface area contributed by atoms with Crippen LogP contribution in [0.1, 0.15) is 50.4 Å². The summed E-state index contributed by atoms with van der Waals surface area (Å²) in [6.45, 7) is 4.87. The number of para-hydroxylation sites is 2. The van der Waals surface area contributed by atoms with Gasteiger partial charge in [0, 0.05) is 12.5 Å². The Labute approximate surface area is 145 Å². The summed E-state index contributed by atoms with van der Waals surface area (Å²) in [5.41, 5.74) is 0. The highest BCUT2D eigenvalue weighted by molar-refractivity contribution is 5.82. The van der Waals surface area contributed by atoms with Crippen molar-refractivity contribution in [3.8, 4) is 11.5 Å². The topological polar surface area (TPSA) is 77.7 Å². The van der Waals surface area contributed by atoms with E-state index in [4.69, 9.17) is 14.0 Å². The second kappa shape index (κ2) is 6.38. The molecule has 4 rings (SSSR count). The van der Waals surface area contributed by atoms with Gasteiger partial charge in [0.1, 0.15) is 6.61 Å². The van der Waals surface area contributed by atoms with Crippen LogP contribution in [-0.4, -0.2) is 40.2 Å². The predicted octanol–water partition coefficient (Wildman–Crippen LogP) is 2.70. The largest absolute Gasteiger partial charge is 0.485 e. The number of fused-ring (bicyclic) bond motifs is 1. The van der Waals surface area contributed by atoms with Crippen LogP contribution in [0.2, 0.25) is 0 Å². The van der Waals surface area contributed by atoms with Crippen LogP contribution in [0.15, 0.2) is 28.8 Å². The molecule has 0 radical (unpaired) electrons. The van der Waals surface area contributed by atoms with Crippen LogP contribution in [0.5, 0.6) is 11.5 Å². The Bertz CT molecular complexity index is 773. The van der Waals surface area contributed by atoms with E-state index in [9.17, 15) is 4.79 Å². The Balaban J connectivity index is 1.51. The minimum Gasteiger partial charge on any atom is -0.485 e. The van der Waals surface area contributed by atoms with Gasteiger partial charge in [-0.3, -0.25) is 4.79 Å². The molecule has 2 aliphatic heterocycles. The first-order valence-corrected chi connectivity index (χ1v) is 8.66. The van der Waals surface area contributed by atoms with Crippen molar-refractivity contribution in [3.05, 3.63) is 36.0 Å². The van der Waals surface area contributed by atoms with Crippen molar-refractivity contribution < 1.29 is 18.8 Å². The van der Waals surface area contributed by atoms with Crippen molar-refractivity contribution in [1.82, 2.24) is 15.0 Å². The van der Waals surface area contributed by atoms with E-state index in [1.165, 1.54) is 0 Å². The highest BCUT2D eigenvalue weighted by atomic mass is 16.6. The van der Waals surface area contributed by atoms with E-state index < -0.39 is 6.10 Å². The minimum absolute atomic E-state index is 0.0899. The van der Waals surface area contributed by atoms with Gasteiger partial charge in [-0.05, 0) is 25.0 Å². The third-order valence-corrected chi connectivity index (χ3v) is 4.57. The molecule has 7 nitrogen and oxygen atoms in total. The van der Waals surface area contributed by atoms with Gasteiger partial charge in [0.15, 0.2) is 17.3 Å². The molecule has 0 spiro atoms. The monoisotopic (exact) mass is 343 g/mol. The highest BCUT2D eigenvalue weighted by Crippen LogP contribution is 2.35. The fourth-order valence-corrected chi connectivity index (χ4v) is 3.24. The van der Waals surface area contributed by atoms with Crippen LogP contribution in [0, 0.1) is 0 Å². The number of hydrogen-bond donors (Lipinski definition) is 0. The zero-order chi connectivity index (χ0) is 17.4. The third kappa shape index (κ3) is 2.94. The molecule has 1 fully saturated rings. The number of rotatable bonds is 3. The van der Waals surface area contributed by atoms with E-state index in [0.717, 1.165) is 12.8 Å². The highest BCUT2D eigenvalue weighted by Gasteiger charge is 2.39. The number of hydrogen-bond acceptors (Lipinski definition) is 6. The molecule has 2 aliphatic rings. The zero-order valence-electron chi connectivity index (χ0n) is 14.3. The maximum Gasteiger partial charge on any atom is 0.267 e. The molecule has 0 saturated carbocycles. The molecule has 132 valence electrons. The third-order valence-electron chi connectivity index (χ3n) is 4.57. The fraction of sp³-hybridized carbons (Fsp3) is 0.500. The zero-order valence-corrected chi connectivity index (χ0v) is 14.3. The molecule has 2 aromatic rings. The van der Waals surface area contributed by atoms with Gasteiger partial charge in [-0.1, -0.05) is 31.1 Å². The molecule has 1 aromatic heterocycles. The SMILES string of the molecule is CC(C)c1nc([C@H]2CCCN2C(=O)[C@H]2COc3ccccc3O2)no1. The summed E-state index contributed by atoms with van der Waals surface area (Å²) < 4.78 is 16.8. The number of aromatic nitrogens is 2. The summed E-state index contributed by atoms with van der Waals surface area (Å²) in [5, 5.41) is 4.08. The summed E-state index contributed by atoms with van der Waals surface area (Å²) in [6.07, 6.45) is 1.09. The molecule has 2 atom stereocenters. The van der Waals surface area contributed by atoms with Gasteiger partial charge in [0.25, 0.3) is 5.91 Å². The standard InChI is InChI=1S/C18H21N3O4/c1-11(2)17-19-16(20-25-17)12-6-5-9-21(12)18(22)15-10-23-13-7-3-4-8-14(13)24-15/h3-4,7-8,11-12,15H,5-6,9-10H2,1-2H3/t12-,15-/m1/s1. The minimum atomic E-state index is -0.646. The van der Waals surface area contributed by atoms with Gasteiger partial charge in [-0.25, -0.2) is 0 Å². The molecular formula is C18H21N3O4. The van der Waals surface area contributed by atoms with Crippen LogP contribution in [0.3, 0.4) is 0 Å². The van der Waals surface area contributed by atoms with Crippen LogP contribution >= 0.6 is 0 Å². The molecule has 1 aromatic carbocycles. The predicted molar refractivity (Wildman–Crippen MR) is 88.4 cm³/mol. The Hall–Kier alpha value is -2.57. The summed E-state index contributed by atoms with van der Waals surface area (Å²) in [7, 11) is 0. The lowest BCUT2D eigenvalue weighted by Gasteiger charge is -2.30. The van der Waals surface area contributed by atoms with Crippen LogP contribution < -0.4 is 9.47 Å². The van der Waals surface area contributed by atoms with Gasteiger partial charge >= 0.3 is 0 Å². The number of nitrogens with zero attached hydrogens (tertiary/aromatic N) is 3. The summed E-state index contributed by atoms with van der Waals surface area (Å²) in [5.74, 6) is 2.52. The Morgan fingerprint density at radius 1 is 1.28 bits per heavy atom. The summed E-state index contributed by atoms with van der Waals surface area (Å²) in [4.78, 5) is 19.2. The van der Waals surface area contributed by atoms with Gasteiger partial charge in [0.2, 0.25) is 12.0 Å².